The molecule has 1 saturated heterocycles. The number of piperidine rings is 1. The first-order chi connectivity index (χ1) is 12.8. The highest BCUT2D eigenvalue weighted by Gasteiger charge is 2.53. The molecule has 5 amide bonds. The predicted octanol–water partition coefficient (Wildman–Crippen LogP) is 1.61. The minimum Gasteiger partial charge on any atom is -0.325 e. The Kier molecular flexibility index (Phi) is 4.82. The van der Waals surface area contributed by atoms with E-state index in [4.69, 9.17) is 0 Å². The fourth-order valence-electron chi connectivity index (χ4n) is 3.40. The first-order valence-electron chi connectivity index (χ1n) is 8.95. The van der Waals surface area contributed by atoms with Crippen LogP contribution in [-0.2, 0) is 14.4 Å². The maximum absolute atomic E-state index is 13.0. The molecule has 2 aliphatic heterocycles. The van der Waals surface area contributed by atoms with E-state index in [2.05, 4.69) is 10.6 Å². The van der Waals surface area contributed by atoms with Crippen LogP contribution in [0.3, 0.4) is 0 Å². The maximum atomic E-state index is 13.0. The van der Waals surface area contributed by atoms with Gasteiger partial charge in [-0.3, -0.25) is 34.2 Å². The molecule has 2 N–H and O–H groups in total. The van der Waals surface area contributed by atoms with Gasteiger partial charge in [0.05, 0.1) is 16.8 Å². The summed E-state index contributed by atoms with van der Waals surface area (Å²) in [7, 11) is 0. The number of fused-ring (bicyclic) bond motifs is 1. The van der Waals surface area contributed by atoms with Gasteiger partial charge in [-0.25, -0.2) is 0 Å². The number of benzene rings is 1. The van der Waals surface area contributed by atoms with E-state index >= 15 is 0 Å². The van der Waals surface area contributed by atoms with Gasteiger partial charge in [-0.2, -0.15) is 0 Å². The van der Waals surface area contributed by atoms with Gasteiger partial charge in [0, 0.05) is 12.8 Å². The Balaban J connectivity index is 1.94. The van der Waals surface area contributed by atoms with Crippen molar-refractivity contribution in [3.05, 3.63) is 29.3 Å². The van der Waals surface area contributed by atoms with Crippen LogP contribution in [0.4, 0.5) is 5.69 Å². The number of imide groups is 2. The maximum Gasteiger partial charge on any atom is 0.264 e. The van der Waals surface area contributed by atoms with E-state index in [0.29, 0.717) is 12.8 Å². The average Bonchev–Trinajstić information content (AvgIpc) is 2.89. The molecular weight excluding hydrogens is 350 g/mol. The Morgan fingerprint density at radius 1 is 1.22 bits per heavy atom. The number of unbranched alkanes of at least 4 members (excludes halogenated alkanes) is 1. The number of amides is 5. The Bertz CT molecular complexity index is 863. The molecule has 2 aliphatic rings. The summed E-state index contributed by atoms with van der Waals surface area (Å²) in [6.45, 7) is 3.43. The van der Waals surface area contributed by atoms with Gasteiger partial charge in [-0.1, -0.05) is 19.4 Å². The molecule has 0 aliphatic carbocycles. The molecule has 1 fully saturated rings. The third kappa shape index (κ3) is 3.11. The van der Waals surface area contributed by atoms with Crippen molar-refractivity contribution in [1.29, 1.82) is 0 Å². The monoisotopic (exact) mass is 371 g/mol. The van der Waals surface area contributed by atoms with E-state index in [0.717, 1.165) is 11.3 Å². The van der Waals surface area contributed by atoms with Crippen molar-refractivity contribution >= 4 is 35.2 Å². The molecule has 2 heterocycles. The molecule has 27 heavy (non-hydrogen) atoms. The number of hydrogen-bond acceptors (Lipinski definition) is 5. The van der Waals surface area contributed by atoms with E-state index in [1.54, 1.807) is 12.1 Å². The third-order valence-corrected chi connectivity index (χ3v) is 5.02. The first-order valence-corrected chi connectivity index (χ1v) is 8.95. The lowest BCUT2D eigenvalue weighted by atomic mass is 9.89. The van der Waals surface area contributed by atoms with Gasteiger partial charge in [0.15, 0.2) is 0 Å². The van der Waals surface area contributed by atoms with E-state index < -0.39 is 29.2 Å². The lowest BCUT2D eigenvalue weighted by molar-refractivity contribution is -0.141. The second-order valence-electron chi connectivity index (χ2n) is 6.98. The summed E-state index contributed by atoms with van der Waals surface area (Å²) in [5.74, 6) is -2.60. The standard InChI is InChI=1S/C19H21N3O5/c1-3-4-8-13(23)20-12-7-5-6-11-15(12)17(26)22(16(11)25)19(2)10-9-14(24)21-18(19)27/h5-7H,3-4,8-10H2,1-2H3,(H,20,23)(H,21,24,27). The van der Waals surface area contributed by atoms with Gasteiger partial charge in [0.1, 0.15) is 5.54 Å². The van der Waals surface area contributed by atoms with Crippen LogP contribution >= 0.6 is 0 Å². The van der Waals surface area contributed by atoms with Crippen molar-refractivity contribution < 1.29 is 24.0 Å². The molecule has 0 spiro atoms. The lowest BCUT2D eigenvalue weighted by Crippen LogP contribution is -2.62. The van der Waals surface area contributed by atoms with Crippen LogP contribution in [0.1, 0.15) is 66.7 Å². The van der Waals surface area contributed by atoms with Gasteiger partial charge in [0.2, 0.25) is 11.8 Å². The second kappa shape index (κ2) is 6.94. The van der Waals surface area contributed by atoms with Crippen molar-refractivity contribution in [3.63, 3.8) is 0 Å². The minimum absolute atomic E-state index is 0.0380. The van der Waals surface area contributed by atoms with Gasteiger partial charge in [0.25, 0.3) is 17.7 Å². The first kappa shape index (κ1) is 18.8. The largest absolute Gasteiger partial charge is 0.325 e. The van der Waals surface area contributed by atoms with Gasteiger partial charge < -0.3 is 5.32 Å². The molecule has 1 aromatic carbocycles. The summed E-state index contributed by atoms with van der Waals surface area (Å²) in [6, 6.07) is 4.63. The molecule has 1 atom stereocenters. The van der Waals surface area contributed by atoms with Crippen molar-refractivity contribution in [1.82, 2.24) is 10.2 Å². The van der Waals surface area contributed by atoms with Gasteiger partial charge in [-0.15, -0.1) is 0 Å². The lowest BCUT2D eigenvalue weighted by Gasteiger charge is -2.38. The molecular formula is C19H21N3O5. The highest BCUT2D eigenvalue weighted by Crippen LogP contribution is 2.37. The molecule has 0 bridgehead atoms. The number of carbonyl (C=O) groups excluding carboxylic acids is 5. The minimum atomic E-state index is -1.45. The average molecular weight is 371 g/mol. The number of nitrogens with one attached hydrogen (secondary N) is 2. The molecule has 0 aromatic heterocycles. The zero-order chi connectivity index (χ0) is 19.8. The molecule has 8 heteroatoms. The number of hydrogen-bond donors (Lipinski definition) is 2. The van der Waals surface area contributed by atoms with Crippen molar-refractivity contribution in [2.45, 2.75) is 51.5 Å². The fraction of sp³-hybridized carbons (Fsp3) is 0.421. The molecule has 0 radical (unpaired) electrons. The Labute approximate surface area is 156 Å². The molecule has 142 valence electrons. The van der Waals surface area contributed by atoms with Crippen LogP contribution in [0, 0.1) is 0 Å². The second-order valence-corrected chi connectivity index (χ2v) is 6.98. The van der Waals surface area contributed by atoms with E-state index in [-0.39, 0.29) is 35.6 Å². The third-order valence-electron chi connectivity index (χ3n) is 5.02. The van der Waals surface area contributed by atoms with E-state index in [9.17, 15) is 24.0 Å². The summed E-state index contributed by atoms with van der Waals surface area (Å²) in [6.07, 6.45) is 1.98. The van der Waals surface area contributed by atoms with Crippen LogP contribution in [0.2, 0.25) is 0 Å². The Hall–Kier alpha value is -3.03. The molecule has 8 nitrogen and oxygen atoms in total. The summed E-state index contributed by atoms with van der Waals surface area (Å²) < 4.78 is 0. The Morgan fingerprint density at radius 2 is 1.96 bits per heavy atom. The number of anilines is 1. The highest BCUT2D eigenvalue weighted by molar-refractivity contribution is 6.26. The highest BCUT2D eigenvalue weighted by atomic mass is 16.2. The molecule has 0 saturated carbocycles. The number of nitrogens with zero attached hydrogens (tertiary/aromatic N) is 1. The van der Waals surface area contributed by atoms with E-state index in [1.807, 2.05) is 6.92 Å². The van der Waals surface area contributed by atoms with Crippen LogP contribution in [0.5, 0.6) is 0 Å². The quantitative estimate of drug-likeness (QED) is 0.764. The SMILES string of the molecule is CCCCC(=O)Nc1cccc2c1C(=O)N(C1(C)CCC(=O)NC1=O)C2=O. The van der Waals surface area contributed by atoms with Crippen molar-refractivity contribution in [3.8, 4) is 0 Å². The predicted molar refractivity (Wildman–Crippen MR) is 95.9 cm³/mol. The fourth-order valence-corrected chi connectivity index (χ4v) is 3.40. The zero-order valence-corrected chi connectivity index (χ0v) is 15.3. The molecule has 3 rings (SSSR count). The topological polar surface area (TPSA) is 113 Å². The van der Waals surface area contributed by atoms with Crippen molar-refractivity contribution in [2.24, 2.45) is 0 Å². The van der Waals surface area contributed by atoms with Gasteiger partial charge in [-0.05, 0) is 31.9 Å². The Morgan fingerprint density at radius 3 is 2.63 bits per heavy atom. The zero-order valence-electron chi connectivity index (χ0n) is 15.3. The number of carbonyl (C=O) groups is 5. The van der Waals surface area contributed by atoms with Crippen LogP contribution in [0.15, 0.2) is 18.2 Å². The summed E-state index contributed by atoms with van der Waals surface area (Å²) in [5.41, 5.74) is -0.979. The van der Waals surface area contributed by atoms with Crippen molar-refractivity contribution in [2.75, 3.05) is 5.32 Å². The van der Waals surface area contributed by atoms with E-state index in [1.165, 1.54) is 13.0 Å². The van der Waals surface area contributed by atoms with Crippen LogP contribution in [-0.4, -0.2) is 40.0 Å². The normalized spacial score (nSPS) is 21.9. The van der Waals surface area contributed by atoms with Crippen LogP contribution in [0.25, 0.3) is 0 Å². The smallest absolute Gasteiger partial charge is 0.264 e. The summed E-state index contributed by atoms with van der Waals surface area (Å²) >= 11 is 0. The number of rotatable bonds is 5. The molecule has 1 aromatic rings. The summed E-state index contributed by atoms with van der Waals surface area (Å²) in [5, 5.41) is 4.88. The summed E-state index contributed by atoms with van der Waals surface area (Å²) in [4.78, 5) is 62.7. The van der Waals surface area contributed by atoms with Gasteiger partial charge >= 0.3 is 0 Å². The molecule has 1 unspecified atom stereocenters. The van der Waals surface area contributed by atoms with Crippen LogP contribution < -0.4 is 10.6 Å².